The van der Waals surface area contributed by atoms with Gasteiger partial charge in [-0.15, -0.1) is 11.3 Å². The smallest absolute Gasteiger partial charge is 0.239 e. The fourth-order valence-electron chi connectivity index (χ4n) is 2.89. The van der Waals surface area contributed by atoms with Gasteiger partial charge in [-0.2, -0.15) is 0 Å². The molecule has 0 spiro atoms. The molecule has 8 heteroatoms. The summed E-state index contributed by atoms with van der Waals surface area (Å²) in [5, 5.41) is 5.67. The van der Waals surface area contributed by atoms with Gasteiger partial charge in [-0.25, -0.2) is 4.98 Å². The van der Waals surface area contributed by atoms with Crippen molar-refractivity contribution in [2.75, 3.05) is 18.8 Å². The van der Waals surface area contributed by atoms with Crippen molar-refractivity contribution in [3.05, 3.63) is 46.7 Å². The highest BCUT2D eigenvalue weighted by Crippen LogP contribution is 2.24. The van der Waals surface area contributed by atoms with Crippen molar-refractivity contribution in [1.82, 2.24) is 19.8 Å². The first-order chi connectivity index (χ1) is 13.6. The zero-order valence-corrected chi connectivity index (χ0v) is 17.7. The summed E-state index contributed by atoms with van der Waals surface area (Å²) in [6.07, 6.45) is 0. The summed E-state index contributed by atoms with van der Waals surface area (Å²) in [5.74, 6) is 0.0536. The second-order valence-corrected chi connectivity index (χ2v) is 8.15. The van der Waals surface area contributed by atoms with Gasteiger partial charge in [0.2, 0.25) is 11.8 Å². The number of nitrogens with zero attached hydrogens (tertiary/aromatic N) is 3. The van der Waals surface area contributed by atoms with Crippen LogP contribution >= 0.6 is 23.1 Å². The van der Waals surface area contributed by atoms with Crippen LogP contribution < -0.4 is 5.32 Å². The third kappa shape index (κ3) is 4.94. The van der Waals surface area contributed by atoms with Crippen molar-refractivity contribution < 1.29 is 9.59 Å². The van der Waals surface area contributed by atoms with E-state index in [0.717, 1.165) is 27.6 Å². The molecular formula is C20H24N4O2S2. The number of aromatic nitrogens is 2. The third-order valence-corrected chi connectivity index (χ3v) is 6.21. The van der Waals surface area contributed by atoms with Gasteiger partial charge in [0.05, 0.1) is 29.9 Å². The molecule has 148 valence electrons. The summed E-state index contributed by atoms with van der Waals surface area (Å²) in [7, 11) is 0. The molecule has 2 aromatic heterocycles. The number of imidazole rings is 1. The highest BCUT2D eigenvalue weighted by atomic mass is 32.2. The Kier molecular flexibility index (Phi) is 7.11. The van der Waals surface area contributed by atoms with E-state index < -0.39 is 0 Å². The molecule has 1 N–H and O–H groups in total. The Labute approximate surface area is 172 Å². The number of fused-ring (bicyclic) bond motifs is 1. The summed E-state index contributed by atoms with van der Waals surface area (Å²) in [6, 6.07) is 11.9. The minimum absolute atomic E-state index is 0.0616. The van der Waals surface area contributed by atoms with Gasteiger partial charge in [0, 0.05) is 18.0 Å². The Morgan fingerprint density at radius 2 is 2.04 bits per heavy atom. The van der Waals surface area contributed by atoms with Gasteiger partial charge in [0.15, 0.2) is 5.16 Å². The predicted molar refractivity (Wildman–Crippen MR) is 115 cm³/mol. The lowest BCUT2D eigenvalue weighted by molar-refractivity contribution is -0.133. The quantitative estimate of drug-likeness (QED) is 0.543. The maximum atomic E-state index is 12.6. The standard InChI is InChI=1S/C20H24N4O2S2/c1-3-23(13-18(25)21-12-15-8-7-11-27-15)19(26)14-28-20-22-16-9-5-6-10-17(16)24(20)4-2/h5-11H,3-4,12-14H2,1-2H3,(H,21,25). The van der Waals surface area contributed by atoms with Crippen LogP contribution in [0.1, 0.15) is 18.7 Å². The summed E-state index contributed by atoms with van der Waals surface area (Å²) in [5.41, 5.74) is 2.00. The normalized spacial score (nSPS) is 10.9. The molecule has 6 nitrogen and oxygen atoms in total. The molecule has 3 aromatic rings. The number of aryl methyl sites for hydroxylation is 1. The number of likely N-dealkylation sites (N-methyl/N-ethyl adjacent to an activating group) is 1. The highest BCUT2D eigenvalue weighted by Gasteiger charge is 2.18. The molecule has 2 amide bonds. The number of hydrogen-bond donors (Lipinski definition) is 1. The van der Waals surface area contributed by atoms with Crippen molar-refractivity contribution in [2.24, 2.45) is 0 Å². The molecular weight excluding hydrogens is 392 g/mol. The van der Waals surface area contributed by atoms with Gasteiger partial charge < -0.3 is 14.8 Å². The number of carbonyl (C=O) groups is 2. The number of nitrogens with one attached hydrogen (secondary N) is 1. The molecule has 0 aliphatic carbocycles. The van der Waals surface area contributed by atoms with Crippen LogP contribution in [0.15, 0.2) is 46.9 Å². The van der Waals surface area contributed by atoms with Crippen molar-refractivity contribution in [3.8, 4) is 0 Å². The van der Waals surface area contributed by atoms with E-state index in [2.05, 4.69) is 21.8 Å². The number of hydrogen-bond acceptors (Lipinski definition) is 5. The number of benzene rings is 1. The minimum Gasteiger partial charge on any atom is -0.350 e. The van der Waals surface area contributed by atoms with Gasteiger partial charge in [-0.05, 0) is 37.4 Å². The number of rotatable bonds is 9. The molecule has 0 bridgehead atoms. The van der Waals surface area contributed by atoms with E-state index in [1.165, 1.54) is 11.8 Å². The third-order valence-electron chi connectivity index (χ3n) is 4.37. The van der Waals surface area contributed by atoms with E-state index in [-0.39, 0.29) is 24.1 Å². The van der Waals surface area contributed by atoms with Crippen molar-refractivity contribution in [1.29, 1.82) is 0 Å². The monoisotopic (exact) mass is 416 g/mol. The fraction of sp³-hybridized carbons (Fsp3) is 0.350. The van der Waals surface area contributed by atoms with Gasteiger partial charge >= 0.3 is 0 Å². The summed E-state index contributed by atoms with van der Waals surface area (Å²) in [4.78, 5) is 32.1. The molecule has 0 radical (unpaired) electrons. The Balaban J connectivity index is 1.56. The number of para-hydroxylation sites is 2. The topological polar surface area (TPSA) is 67.2 Å². The van der Waals surface area contributed by atoms with Crippen LogP contribution in [0, 0.1) is 0 Å². The van der Waals surface area contributed by atoms with Gasteiger partial charge in [-0.3, -0.25) is 9.59 Å². The van der Waals surface area contributed by atoms with Crippen LogP contribution in [0.4, 0.5) is 0 Å². The second-order valence-electron chi connectivity index (χ2n) is 6.18. The van der Waals surface area contributed by atoms with Crippen LogP contribution in [-0.2, 0) is 22.7 Å². The molecule has 0 atom stereocenters. The molecule has 0 aliphatic heterocycles. The van der Waals surface area contributed by atoms with Crippen LogP contribution in [0.3, 0.4) is 0 Å². The zero-order valence-electron chi connectivity index (χ0n) is 16.1. The molecule has 0 saturated heterocycles. The first-order valence-corrected chi connectivity index (χ1v) is 11.1. The maximum absolute atomic E-state index is 12.6. The molecule has 0 unspecified atom stereocenters. The van der Waals surface area contributed by atoms with Crippen LogP contribution in [-0.4, -0.2) is 45.1 Å². The van der Waals surface area contributed by atoms with Crippen molar-refractivity contribution >= 4 is 45.9 Å². The molecule has 0 fully saturated rings. The predicted octanol–water partition coefficient (Wildman–Crippen LogP) is 3.37. The second kappa shape index (κ2) is 9.75. The Bertz CT molecular complexity index is 937. The molecule has 0 saturated carbocycles. The fourth-order valence-corrected chi connectivity index (χ4v) is 4.52. The van der Waals surface area contributed by atoms with Crippen molar-refractivity contribution in [2.45, 2.75) is 32.1 Å². The first kappa shape index (κ1) is 20.4. The summed E-state index contributed by atoms with van der Waals surface area (Å²) < 4.78 is 2.11. The largest absolute Gasteiger partial charge is 0.350 e. The number of thioether (sulfide) groups is 1. The number of carbonyl (C=O) groups excluding carboxylic acids is 2. The van der Waals surface area contributed by atoms with E-state index in [1.807, 2.05) is 48.7 Å². The lowest BCUT2D eigenvalue weighted by atomic mass is 10.3. The van der Waals surface area contributed by atoms with E-state index in [0.29, 0.717) is 13.1 Å². The molecule has 1 aromatic carbocycles. The highest BCUT2D eigenvalue weighted by molar-refractivity contribution is 7.99. The van der Waals surface area contributed by atoms with Crippen LogP contribution in [0.25, 0.3) is 11.0 Å². The summed E-state index contributed by atoms with van der Waals surface area (Å²) in [6.45, 7) is 5.81. The Morgan fingerprint density at radius 3 is 2.75 bits per heavy atom. The average molecular weight is 417 g/mol. The van der Waals surface area contributed by atoms with E-state index in [4.69, 9.17) is 0 Å². The van der Waals surface area contributed by atoms with Gasteiger partial charge in [0.1, 0.15) is 0 Å². The Hall–Kier alpha value is -2.32. The van der Waals surface area contributed by atoms with Crippen molar-refractivity contribution in [3.63, 3.8) is 0 Å². The Morgan fingerprint density at radius 1 is 1.21 bits per heavy atom. The van der Waals surface area contributed by atoms with Gasteiger partial charge in [0.25, 0.3) is 0 Å². The molecule has 3 rings (SSSR count). The number of thiophene rings is 1. The van der Waals surface area contributed by atoms with Crippen LogP contribution in [0.5, 0.6) is 0 Å². The molecule has 0 aliphatic rings. The maximum Gasteiger partial charge on any atom is 0.239 e. The lowest BCUT2D eigenvalue weighted by Gasteiger charge is -2.20. The van der Waals surface area contributed by atoms with E-state index in [1.54, 1.807) is 16.2 Å². The lowest BCUT2D eigenvalue weighted by Crippen LogP contribution is -2.41. The summed E-state index contributed by atoms with van der Waals surface area (Å²) >= 11 is 3.02. The molecule has 28 heavy (non-hydrogen) atoms. The van der Waals surface area contributed by atoms with E-state index >= 15 is 0 Å². The van der Waals surface area contributed by atoms with Crippen LogP contribution in [0.2, 0.25) is 0 Å². The number of amides is 2. The van der Waals surface area contributed by atoms with E-state index in [9.17, 15) is 9.59 Å². The SMILES string of the molecule is CCN(CC(=O)NCc1cccs1)C(=O)CSc1nc2ccccc2n1CC. The average Bonchev–Trinajstić information content (AvgIpc) is 3.35. The minimum atomic E-state index is -0.144. The zero-order chi connectivity index (χ0) is 19.9. The van der Waals surface area contributed by atoms with Gasteiger partial charge in [-0.1, -0.05) is 30.0 Å². The first-order valence-electron chi connectivity index (χ1n) is 9.27. The molecule has 2 heterocycles.